The van der Waals surface area contributed by atoms with Gasteiger partial charge in [0.2, 0.25) is 0 Å². The molecule has 4 fully saturated rings. The highest BCUT2D eigenvalue weighted by molar-refractivity contribution is 5.79. The van der Waals surface area contributed by atoms with Crippen LogP contribution in [-0.2, 0) is 4.79 Å². The summed E-state index contributed by atoms with van der Waals surface area (Å²) in [6.07, 6.45) is 10.9. The van der Waals surface area contributed by atoms with E-state index >= 15 is 0 Å². The number of Topliss-reactive ketones (excluding diaryl/α,β-unsaturated/α-hetero) is 1. The number of fused-ring (bicyclic) bond motifs is 5. The Kier molecular flexibility index (Phi) is 3.72. The Morgan fingerprint density at radius 1 is 0.913 bits per heavy atom. The van der Waals surface area contributed by atoms with Crippen molar-refractivity contribution < 1.29 is 9.90 Å². The van der Waals surface area contributed by atoms with Gasteiger partial charge in [0.05, 0.1) is 6.10 Å². The van der Waals surface area contributed by atoms with Gasteiger partial charge < -0.3 is 5.11 Å². The number of hydrogen-bond donors (Lipinski definition) is 1. The van der Waals surface area contributed by atoms with Crippen LogP contribution in [0.5, 0.6) is 0 Å². The summed E-state index contributed by atoms with van der Waals surface area (Å²) in [4.78, 5) is 12.2. The first kappa shape index (κ1) is 16.1. The maximum absolute atomic E-state index is 12.2. The molecule has 0 aromatic rings. The topological polar surface area (TPSA) is 37.3 Å². The first-order valence-corrected chi connectivity index (χ1v) is 10.0. The number of aliphatic hydroxyl groups is 1. The smallest absolute Gasteiger partial charge is 0.133 e. The predicted molar refractivity (Wildman–Crippen MR) is 91.9 cm³/mol. The molecule has 0 unspecified atom stereocenters. The van der Waals surface area contributed by atoms with Gasteiger partial charge in [-0.3, -0.25) is 4.79 Å². The quantitative estimate of drug-likeness (QED) is 0.767. The standard InChI is InChI=1S/C21H34O2/c1-13(22)17-6-7-18-16-5-4-14-12-15(23)8-10-20(14,2)19(16)9-11-21(17,18)3/h14-19,23H,4-12H2,1-3H3/t14-,15-,16-,17-,18-,19+,20+,21-/m1/s1. The number of ketones is 1. The molecular weight excluding hydrogens is 284 g/mol. The van der Waals surface area contributed by atoms with Gasteiger partial charge in [0.25, 0.3) is 0 Å². The van der Waals surface area contributed by atoms with E-state index < -0.39 is 0 Å². The molecule has 2 heteroatoms. The highest BCUT2D eigenvalue weighted by atomic mass is 16.3. The third kappa shape index (κ3) is 2.19. The van der Waals surface area contributed by atoms with Crippen molar-refractivity contribution in [3.8, 4) is 0 Å². The number of rotatable bonds is 1. The molecule has 0 amide bonds. The lowest BCUT2D eigenvalue weighted by Gasteiger charge is -2.60. The zero-order valence-corrected chi connectivity index (χ0v) is 15.2. The Labute approximate surface area is 141 Å². The fraction of sp³-hybridized carbons (Fsp3) is 0.952. The number of carbonyl (C=O) groups is 1. The second-order valence-electron chi connectivity index (χ2n) is 9.87. The molecule has 4 aliphatic rings. The molecule has 1 N–H and O–H groups in total. The Bertz CT molecular complexity index is 500. The molecule has 0 radical (unpaired) electrons. The average molecular weight is 319 g/mol. The molecule has 0 aromatic carbocycles. The van der Waals surface area contributed by atoms with Gasteiger partial charge in [0.15, 0.2) is 0 Å². The van der Waals surface area contributed by atoms with Crippen LogP contribution in [0, 0.1) is 40.4 Å². The third-order valence-corrected chi connectivity index (χ3v) is 9.13. The van der Waals surface area contributed by atoms with Crippen LogP contribution in [0.1, 0.15) is 78.6 Å². The maximum atomic E-state index is 12.2. The summed E-state index contributed by atoms with van der Waals surface area (Å²) < 4.78 is 0. The lowest BCUT2D eigenvalue weighted by Crippen LogP contribution is -2.54. The second kappa shape index (κ2) is 5.31. The van der Waals surface area contributed by atoms with Gasteiger partial charge in [0.1, 0.15) is 5.78 Å². The molecule has 4 saturated carbocycles. The zero-order chi connectivity index (χ0) is 16.4. The Hall–Kier alpha value is -0.370. The highest BCUT2D eigenvalue weighted by Crippen LogP contribution is 2.67. The number of carbonyl (C=O) groups excluding carboxylic acids is 1. The summed E-state index contributed by atoms with van der Waals surface area (Å²) in [7, 11) is 0. The van der Waals surface area contributed by atoms with Gasteiger partial charge in [-0.15, -0.1) is 0 Å². The number of hydrogen-bond acceptors (Lipinski definition) is 2. The van der Waals surface area contributed by atoms with Crippen molar-refractivity contribution in [1.29, 1.82) is 0 Å². The van der Waals surface area contributed by atoms with Crippen LogP contribution in [0.15, 0.2) is 0 Å². The van der Waals surface area contributed by atoms with E-state index in [2.05, 4.69) is 13.8 Å². The molecule has 0 aliphatic heterocycles. The molecule has 0 saturated heterocycles. The minimum atomic E-state index is -0.0490. The van der Waals surface area contributed by atoms with Crippen molar-refractivity contribution in [3.63, 3.8) is 0 Å². The van der Waals surface area contributed by atoms with E-state index in [1.807, 2.05) is 6.92 Å². The van der Waals surface area contributed by atoms with Crippen LogP contribution in [0.25, 0.3) is 0 Å². The summed E-state index contributed by atoms with van der Waals surface area (Å²) in [5, 5.41) is 10.1. The van der Waals surface area contributed by atoms with Crippen LogP contribution in [-0.4, -0.2) is 17.0 Å². The van der Waals surface area contributed by atoms with Gasteiger partial charge in [0, 0.05) is 5.92 Å². The maximum Gasteiger partial charge on any atom is 0.133 e. The van der Waals surface area contributed by atoms with Crippen LogP contribution in [0.4, 0.5) is 0 Å². The summed E-state index contributed by atoms with van der Waals surface area (Å²) in [6.45, 7) is 6.80. The molecule has 0 aromatic heterocycles. The molecule has 0 bridgehead atoms. The van der Waals surface area contributed by atoms with Crippen molar-refractivity contribution >= 4 is 5.78 Å². The molecule has 4 rings (SSSR count). The SMILES string of the molecule is CC(=O)[C@H]1CC[C@@H]2[C@H]3CC[C@@H]4C[C@H](O)CC[C@]4(C)[C@H]3CC[C@]12C. The Morgan fingerprint density at radius 3 is 2.35 bits per heavy atom. The van der Waals surface area contributed by atoms with Crippen LogP contribution in [0.3, 0.4) is 0 Å². The van der Waals surface area contributed by atoms with Crippen molar-refractivity contribution in [3.05, 3.63) is 0 Å². The van der Waals surface area contributed by atoms with Gasteiger partial charge >= 0.3 is 0 Å². The fourth-order valence-electron chi connectivity index (χ4n) is 7.90. The van der Waals surface area contributed by atoms with Gasteiger partial charge in [-0.25, -0.2) is 0 Å². The zero-order valence-electron chi connectivity index (χ0n) is 15.2. The molecule has 130 valence electrons. The third-order valence-electron chi connectivity index (χ3n) is 9.13. The first-order chi connectivity index (χ1) is 10.9. The van der Waals surface area contributed by atoms with Gasteiger partial charge in [-0.1, -0.05) is 13.8 Å². The molecule has 0 heterocycles. The van der Waals surface area contributed by atoms with E-state index in [-0.39, 0.29) is 11.5 Å². The first-order valence-electron chi connectivity index (χ1n) is 10.0. The molecule has 0 spiro atoms. The van der Waals surface area contributed by atoms with Crippen molar-refractivity contribution in [2.45, 2.75) is 84.7 Å². The molecule has 4 aliphatic carbocycles. The van der Waals surface area contributed by atoms with Crippen molar-refractivity contribution in [2.24, 2.45) is 40.4 Å². The van der Waals surface area contributed by atoms with E-state index in [1.165, 1.54) is 38.5 Å². The summed E-state index contributed by atoms with van der Waals surface area (Å²) in [5.74, 6) is 3.97. The number of aliphatic hydroxyl groups excluding tert-OH is 1. The van der Waals surface area contributed by atoms with E-state index in [1.54, 1.807) is 0 Å². The van der Waals surface area contributed by atoms with E-state index in [0.717, 1.165) is 42.9 Å². The minimum Gasteiger partial charge on any atom is -0.393 e. The van der Waals surface area contributed by atoms with Crippen molar-refractivity contribution in [2.75, 3.05) is 0 Å². The fourth-order valence-corrected chi connectivity index (χ4v) is 7.90. The summed E-state index contributed by atoms with van der Waals surface area (Å²) in [6, 6.07) is 0. The van der Waals surface area contributed by atoms with Crippen molar-refractivity contribution in [1.82, 2.24) is 0 Å². The lowest BCUT2D eigenvalue weighted by molar-refractivity contribution is -0.138. The Morgan fingerprint density at radius 2 is 1.61 bits per heavy atom. The largest absolute Gasteiger partial charge is 0.393 e. The van der Waals surface area contributed by atoms with Crippen LogP contribution < -0.4 is 0 Å². The van der Waals surface area contributed by atoms with Crippen LogP contribution >= 0.6 is 0 Å². The predicted octanol–water partition coefficient (Wildman–Crippen LogP) is 4.60. The second-order valence-corrected chi connectivity index (χ2v) is 9.87. The molecule has 23 heavy (non-hydrogen) atoms. The molecule has 2 nitrogen and oxygen atoms in total. The minimum absolute atomic E-state index is 0.0490. The highest BCUT2D eigenvalue weighted by Gasteiger charge is 2.60. The summed E-state index contributed by atoms with van der Waals surface area (Å²) in [5.41, 5.74) is 0.738. The lowest BCUT2D eigenvalue weighted by atomic mass is 9.44. The van der Waals surface area contributed by atoms with E-state index in [0.29, 0.717) is 17.1 Å². The van der Waals surface area contributed by atoms with Crippen LogP contribution in [0.2, 0.25) is 0 Å². The van der Waals surface area contributed by atoms with Gasteiger partial charge in [-0.2, -0.15) is 0 Å². The van der Waals surface area contributed by atoms with E-state index in [9.17, 15) is 9.90 Å². The normalized spacial score (nSPS) is 55.7. The monoisotopic (exact) mass is 318 g/mol. The van der Waals surface area contributed by atoms with Gasteiger partial charge in [-0.05, 0) is 99.2 Å². The molecular formula is C21H34O2. The Balaban J connectivity index is 1.61. The molecule has 8 atom stereocenters. The van der Waals surface area contributed by atoms with E-state index in [4.69, 9.17) is 0 Å². The average Bonchev–Trinajstić information content (AvgIpc) is 2.85. The summed E-state index contributed by atoms with van der Waals surface area (Å²) >= 11 is 0.